The van der Waals surface area contributed by atoms with E-state index in [9.17, 15) is 5.11 Å². The molecule has 0 aliphatic carbocycles. The molecule has 0 amide bonds. The highest BCUT2D eigenvalue weighted by Gasteiger charge is 2.26. The lowest BCUT2D eigenvalue weighted by Crippen LogP contribution is -2.10. The van der Waals surface area contributed by atoms with Crippen LogP contribution in [0.25, 0.3) is 10.8 Å². The van der Waals surface area contributed by atoms with Gasteiger partial charge in [0, 0.05) is 23.4 Å². The van der Waals surface area contributed by atoms with Crippen molar-refractivity contribution >= 4 is 16.5 Å². The molecule has 1 aliphatic heterocycles. The number of methoxy groups -OCH3 is 3. The summed E-state index contributed by atoms with van der Waals surface area (Å²) in [6.45, 7) is 0. The SMILES string of the molecule is COc1cc(O)c(C2=NNC(c3ccc(OC)c4ccccc34)C2)cc1OC. The quantitative estimate of drug-likeness (QED) is 0.702. The Balaban J connectivity index is 1.68. The van der Waals surface area contributed by atoms with Gasteiger partial charge in [0.15, 0.2) is 11.5 Å². The Morgan fingerprint density at radius 3 is 2.29 bits per heavy atom. The van der Waals surface area contributed by atoms with Crippen LogP contribution in [0.15, 0.2) is 53.6 Å². The van der Waals surface area contributed by atoms with Gasteiger partial charge in [-0.25, -0.2) is 0 Å². The molecule has 6 nitrogen and oxygen atoms in total. The van der Waals surface area contributed by atoms with Gasteiger partial charge in [-0.1, -0.05) is 30.3 Å². The minimum absolute atomic E-state index is 0.00157. The lowest BCUT2D eigenvalue weighted by atomic mass is 9.94. The second-order valence-corrected chi connectivity index (χ2v) is 6.57. The molecule has 0 fully saturated rings. The molecule has 0 spiro atoms. The van der Waals surface area contributed by atoms with Crippen molar-refractivity contribution in [3.8, 4) is 23.0 Å². The zero-order valence-corrected chi connectivity index (χ0v) is 16.0. The number of benzene rings is 3. The van der Waals surface area contributed by atoms with Gasteiger partial charge in [-0.15, -0.1) is 0 Å². The molecule has 1 atom stereocenters. The molecule has 144 valence electrons. The first-order chi connectivity index (χ1) is 13.7. The summed E-state index contributed by atoms with van der Waals surface area (Å²) in [4.78, 5) is 0. The van der Waals surface area contributed by atoms with Crippen LogP contribution in [-0.4, -0.2) is 32.1 Å². The Labute approximate surface area is 163 Å². The first-order valence-electron chi connectivity index (χ1n) is 8.99. The van der Waals surface area contributed by atoms with E-state index in [0.29, 0.717) is 23.5 Å². The molecule has 3 aromatic carbocycles. The van der Waals surface area contributed by atoms with Crippen LogP contribution in [-0.2, 0) is 0 Å². The third-order valence-corrected chi connectivity index (χ3v) is 5.08. The fourth-order valence-electron chi connectivity index (χ4n) is 3.67. The smallest absolute Gasteiger partial charge is 0.164 e. The first kappa shape index (κ1) is 18.0. The molecule has 0 saturated heterocycles. The van der Waals surface area contributed by atoms with Crippen molar-refractivity contribution in [3.05, 3.63) is 59.7 Å². The molecule has 0 aromatic heterocycles. The van der Waals surface area contributed by atoms with Crippen LogP contribution in [0, 0.1) is 0 Å². The third kappa shape index (κ3) is 2.97. The van der Waals surface area contributed by atoms with E-state index < -0.39 is 0 Å². The van der Waals surface area contributed by atoms with Gasteiger partial charge in [0.25, 0.3) is 0 Å². The number of ether oxygens (including phenoxy) is 3. The highest BCUT2D eigenvalue weighted by atomic mass is 16.5. The van der Waals surface area contributed by atoms with Crippen molar-refractivity contribution in [2.24, 2.45) is 5.10 Å². The van der Waals surface area contributed by atoms with Crippen molar-refractivity contribution in [1.82, 2.24) is 5.43 Å². The second kappa shape index (κ2) is 7.31. The number of aromatic hydroxyl groups is 1. The minimum atomic E-state index is -0.00157. The summed E-state index contributed by atoms with van der Waals surface area (Å²) in [6, 6.07) is 15.5. The number of nitrogens with zero attached hydrogens (tertiary/aromatic N) is 1. The van der Waals surface area contributed by atoms with E-state index in [1.54, 1.807) is 26.4 Å². The summed E-state index contributed by atoms with van der Waals surface area (Å²) < 4.78 is 16.1. The van der Waals surface area contributed by atoms with E-state index in [1.165, 1.54) is 7.11 Å². The van der Waals surface area contributed by atoms with E-state index in [4.69, 9.17) is 14.2 Å². The van der Waals surface area contributed by atoms with Gasteiger partial charge in [-0.3, -0.25) is 0 Å². The number of nitrogens with one attached hydrogen (secondary N) is 1. The first-order valence-corrected chi connectivity index (χ1v) is 8.99. The topological polar surface area (TPSA) is 72.3 Å². The fourth-order valence-corrected chi connectivity index (χ4v) is 3.67. The Hall–Kier alpha value is -3.41. The van der Waals surface area contributed by atoms with Gasteiger partial charge in [0.2, 0.25) is 0 Å². The largest absolute Gasteiger partial charge is 0.507 e. The average Bonchev–Trinajstić information content (AvgIpc) is 3.22. The van der Waals surface area contributed by atoms with Gasteiger partial charge in [-0.05, 0) is 23.1 Å². The predicted octanol–water partition coefficient (Wildman–Crippen LogP) is 4.01. The van der Waals surface area contributed by atoms with Gasteiger partial charge in [0.1, 0.15) is 11.5 Å². The zero-order valence-electron chi connectivity index (χ0n) is 16.0. The van der Waals surface area contributed by atoms with E-state index in [-0.39, 0.29) is 11.8 Å². The maximum atomic E-state index is 10.4. The Morgan fingerprint density at radius 1 is 0.893 bits per heavy atom. The normalized spacial score (nSPS) is 15.8. The molecule has 4 rings (SSSR count). The van der Waals surface area contributed by atoms with E-state index in [0.717, 1.165) is 27.8 Å². The predicted molar refractivity (Wildman–Crippen MR) is 109 cm³/mol. The maximum Gasteiger partial charge on any atom is 0.164 e. The van der Waals surface area contributed by atoms with Crippen LogP contribution < -0.4 is 19.6 Å². The molecule has 0 bridgehead atoms. The molecule has 28 heavy (non-hydrogen) atoms. The van der Waals surface area contributed by atoms with Crippen molar-refractivity contribution < 1.29 is 19.3 Å². The Bertz CT molecular complexity index is 1060. The summed E-state index contributed by atoms with van der Waals surface area (Å²) in [6.07, 6.45) is 0.638. The van der Waals surface area contributed by atoms with Gasteiger partial charge in [0.05, 0.1) is 33.1 Å². The summed E-state index contributed by atoms with van der Waals surface area (Å²) in [5.74, 6) is 1.99. The number of phenolic OH excluding ortho intramolecular Hbond substituents is 1. The van der Waals surface area contributed by atoms with Crippen LogP contribution in [0.1, 0.15) is 23.6 Å². The van der Waals surface area contributed by atoms with Crippen LogP contribution in [0.2, 0.25) is 0 Å². The molecule has 1 heterocycles. The van der Waals surface area contributed by atoms with E-state index >= 15 is 0 Å². The maximum absolute atomic E-state index is 10.4. The number of hydrazone groups is 1. The fraction of sp³-hybridized carbons (Fsp3) is 0.227. The van der Waals surface area contributed by atoms with Crippen LogP contribution in [0.4, 0.5) is 0 Å². The van der Waals surface area contributed by atoms with Crippen molar-refractivity contribution in [1.29, 1.82) is 0 Å². The number of fused-ring (bicyclic) bond motifs is 1. The van der Waals surface area contributed by atoms with Crippen molar-refractivity contribution in [2.75, 3.05) is 21.3 Å². The van der Waals surface area contributed by atoms with Crippen LogP contribution in [0.3, 0.4) is 0 Å². The van der Waals surface area contributed by atoms with Crippen LogP contribution in [0.5, 0.6) is 23.0 Å². The number of hydrogen-bond donors (Lipinski definition) is 2. The van der Waals surface area contributed by atoms with E-state index in [1.807, 2.05) is 18.2 Å². The van der Waals surface area contributed by atoms with Crippen LogP contribution >= 0.6 is 0 Å². The summed E-state index contributed by atoms with van der Waals surface area (Å²) in [5.41, 5.74) is 5.74. The summed E-state index contributed by atoms with van der Waals surface area (Å²) >= 11 is 0. The molecule has 0 radical (unpaired) electrons. The highest BCUT2D eigenvalue weighted by molar-refractivity contribution is 6.05. The van der Waals surface area contributed by atoms with Gasteiger partial charge in [-0.2, -0.15) is 5.10 Å². The minimum Gasteiger partial charge on any atom is -0.507 e. The molecule has 1 aliphatic rings. The highest BCUT2D eigenvalue weighted by Crippen LogP contribution is 2.38. The van der Waals surface area contributed by atoms with Crippen molar-refractivity contribution in [2.45, 2.75) is 12.5 Å². The summed E-state index contributed by atoms with van der Waals surface area (Å²) in [7, 11) is 4.78. The molecule has 6 heteroatoms. The van der Waals surface area contributed by atoms with Gasteiger partial charge >= 0.3 is 0 Å². The monoisotopic (exact) mass is 378 g/mol. The third-order valence-electron chi connectivity index (χ3n) is 5.08. The molecule has 0 saturated carbocycles. The molecule has 1 unspecified atom stereocenters. The standard InChI is InChI=1S/C22H22N2O4/c1-26-20-9-8-14(13-6-4-5-7-15(13)20)17-11-18(24-23-17)16-10-21(27-2)22(28-3)12-19(16)25/h4-10,12,17,23,25H,11H2,1-3H3. The average molecular weight is 378 g/mol. The lowest BCUT2D eigenvalue weighted by Gasteiger charge is -2.16. The van der Waals surface area contributed by atoms with E-state index in [2.05, 4.69) is 28.7 Å². The lowest BCUT2D eigenvalue weighted by molar-refractivity contribution is 0.351. The summed E-state index contributed by atoms with van der Waals surface area (Å²) in [5, 5.41) is 17.1. The second-order valence-electron chi connectivity index (χ2n) is 6.57. The van der Waals surface area contributed by atoms with Gasteiger partial charge < -0.3 is 24.7 Å². The van der Waals surface area contributed by atoms with Crippen molar-refractivity contribution in [3.63, 3.8) is 0 Å². The molecular formula is C22H22N2O4. The Morgan fingerprint density at radius 2 is 1.57 bits per heavy atom. The number of phenols is 1. The Kier molecular flexibility index (Phi) is 4.69. The molecular weight excluding hydrogens is 356 g/mol. The number of hydrogen-bond acceptors (Lipinski definition) is 6. The zero-order chi connectivity index (χ0) is 19.7. The number of rotatable bonds is 5. The molecule has 2 N–H and O–H groups in total. The molecule has 3 aromatic rings.